The first-order valence-electron chi connectivity index (χ1n) is 6.56. The zero-order valence-electron chi connectivity index (χ0n) is 11.9. The van der Waals surface area contributed by atoms with Crippen LogP contribution in [0.15, 0.2) is 41.5 Å². The molecule has 0 saturated heterocycles. The fourth-order valence-corrected chi connectivity index (χ4v) is 2.56. The summed E-state index contributed by atoms with van der Waals surface area (Å²) < 4.78 is 5.38. The molecular weight excluding hydrogens is 302 g/mol. The van der Waals surface area contributed by atoms with Crippen LogP contribution in [0.4, 0.5) is 5.69 Å². The molecule has 0 unspecified atom stereocenters. The zero-order valence-corrected chi connectivity index (χ0v) is 13.6. The first-order valence-corrected chi connectivity index (χ1v) is 7.79. The van der Waals surface area contributed by atoms with Crippen molar-refractivity contribution in [1.82, 2.24) is 5.43 Å². The van der Waals surface area contributed by atoms with Crippen LogP contribution in [0.5, 0.6) is 5.75 Å². The number of rotatable bonds is 5. The Morgan fingerprint density at radius 1 is 1.29 bits per heavy atom. The fourth-order valence-electron chi connectivity index (χ4n) is 1.64. The smallest absolute Gasteiger partial charge is 0.191 e. The normalized spacial score (nSPS) is 10.6. The number of nitrogens with zero attached hydrogens (tertiary/aromatic N) is 1. The molecule has 0 saturated carbocycles. The van der Waals surface area contributed by atoms with E-state index in [4.69, 9.17) is 17.0 Å². The lowest BCUT2D eigenvalue weighted by atomic mass is 10.3. The van der Waals surface area contributed by atoms with Crippen LogP contribution in [0.25, 0.3) is 0 Å². The van der Waals surface area contributed by atoms with Gasteiger partial charge in [0.15, 0.2) is 5.11 Å². The first-order chi connectivity index (χ1) is 10.2. The highest BCUT2D eigenvalue weighted by molar-refractivity contribution is 7.80. The number of hydrogen-bond donors (Lipinski definition) is 2. The lowest BCUT2D eigenvalue weighted by Crippen LogP contribution is -2.23. The van der Waals surface area contributed by atoms with Crippen LogP contribution in [0.2, 0.25) is 0 Å². The van der Waals surface area contributed by atoms with E-state index in [1.54, 1.807) is 17.6 Å². The van der Waals surface area contributed by atoms with Crippen molar-refractivity contribution < 1.29 is 4.74 Å². The van der Waals surface area contributed by atoms with Crippen molar-refractivity contribution in [2.45, 2.75) is 13.8 Å². The summed E-state index contributed by atoms with van der Waals surface area (Å²) in [4.78, 5) is 2.34. The Morgan fingerprint density at radius 2 is 2.05 bits per heavy atom. The van der Waals surface area contributed by atoms with Crippen molar-refractivity contribution in [3.8, 4) is 5.75 Å². The van der Waals surface area contributed by atoms with E-state index in [0.29, 0.717) is 11.7 Å². The molecule has 4 nitrogen and oxygen atoms in total. The van der Waals surface area contributed by atoms with Crippen molar-refractivity contribution in [2.24, 2.45) is 5.10 Å². The molecule has 2 rings (SSSR count). The van der Waals surface area contributed by atoms with Gasteiger partial charge in [0.25, 0.3) is 0 Å². The molecule has 0 atom stereocenters. The Bertz CT molecular complexity index is 620. The minimum absolute atomic E-state index is 0.448. The van der Waals surface area contributed by atoms with Crippen LogP contribution in [-0.4, -0.2) is 17.9 Å². The molecule has 0 radical (unpaired) electrons. The minimum atomic E-state index is 0.448. The van der Waals surface area contributed by atoms with Crippen LogP contribution in [-0.2, 0) is 0 Å². The van der Waals surface area contributed by atoms with Crippen LogP contribution in [0, 0.1) is 6.92 Å². The van der Waals surface area contributed by atoms with Gasteiger partial charge in [0.2, 0.25) is 0 Å². The van der Waals surface area contributed by atoms with Gasteiger partial charge in [0, 0.05) is 15.4 Å². The van der Waals surface area contributed by atoms with E-state index in [1.807, 2.05) is 37.3 Å². The highest BCUT2D eigenvalue weighted by atomic mass is 32.1. The Kier molecular flexibility index (Phi) is 5.71. The quantitative estimate of drug-likeness (QED) is 0.500. The van der Waals surface area contributed by atoms with Crippen molar-refractivity contribution in [3.63, 3.8) is 0 Å². The molecule has 2 N–H and O–H groups in total. The number of benzene rings is 1. The van der Waals surface area contributed by atoms with E-state index in [0.717, 1.165) is 16.3 Å². The lowest BCUT2D eigenvalue weighted by Gasteiger charge is -2.08. The average molecular weight is 319 g/mol. The number of ether oxygens (including phenoxy) is 1. The lowest BCUT2D eigenvalue weighted by molar-refractivity contribution is 0.340. The third kappa shape index (κ3) is 5.17. The third-order valence-corrected chi connectivity index (χ3v) is 3.67. The van der Waals surface area contributed by atoms with E-state index in [-0.39, 0.29) is 0 Å². The fraction of sp³-hybridized carbons (Fsp3) is 0.200. The van der Waals surface area contributed by atoms with Gasteiger partial charge in [-0.25, -0.2) is 0 Å². The maximum Gasteiger partial charge on any atom is 0.191 e. The molecule has 0 aliphatic carbocycles. The van der Waals surface area contributed by atoms with Crippen molar-refractivity contribution in [3.05, 3.63) is 46.2 Å². The predicted molar refractivity (Wildman–Crippen MR) is 93.6 cm³/mol. The van der Waals surface area contributed by atoms with E-state index < -0.39 is 0 Å². The Morgan fingerprint density at radius 3 is 2.67 bits per heavy atom. The second-order valence-electron chi connectivity index (χ2n) is 4.23. The molecule has 0 aliphatic heterocycles. The predicted octanol–water partition coefficient (Wildman–Crippen LogP) is 3.78. The van der Waals surface area contributed by atoms with Crippen LogP contribution < -0.4 is 15.5 Å². The molecule has 0 amide bonds. The number of thiophene rings is 1. The third-order valence-electron chi connectivity index (χ3n) is 2.54. The topological polar surface area (TPSA) is 45.6 Å². The summed E-state index contributed by atoms with van der Waals surface area (Å²) in [7, 11) is 0. The summed E-state index contributed by atoms with van der Waals surface area (Å²) in [5, 5.41) is 7.61. The second-order valence-corrected chi connectivity index (χ2v) is 5.96. The summed E-state index contributed by atoms with van der Waals surface area (Å²) in [5.74, 6) is 0.841. The van der Waals surface area contributed by atoms with E-state index in [1.165, 1.54) is 4.88 Å². The number of hydrogen-bond acceptors (Lipinski definition) is 4. The van der Waals surface area contributed by atoms with Crippen LogP contribution >= 0.6 is 23.6 Å². The highest BCUT2D eigenvalue weighted by Gasteiger charge is 1.97. The Balaban J connectivity index is 1.82. The Hall–Kier alpha value is -1.92. The Labute approximate surface area is 133 Å². The maximum absolute atomic E-state index is 5.38. The van der Waals surface area contributed by atoms with Gasteiger partial charge >= 0.3 is 0 Å². The first kappa shape index (κ1) is 15.5. The number of nitrogens with one attached hydrogen (secondary N) is 2. The van der Waals surface area contributed by atoms with Gasteiger partial charge in [-0.2, -0.15) is 5.10 Å². The zero-order chi connectivity index (χ0) is 15.1. The van der Waals surface area contributed by atoms with Crippen molar-refractivity contribution in [2.75, 3.05) is 11.9 Å². The summed E-state index contributed by atoms with van der Waals surface area (Å²) in [6, 6.07) is 11.7. The minimum Gasteiger partial charge on any atom is -0.494 e. The van der Waals surface area contributed by atoms with Gasteiger partial charge in [-0.15, -0.1) is 11.3 Å². The molecule has 0 bridgehead atoms. The van der Waals surface area contributed by atoms with Gasteiger partial charge in [0.05, 0.1) is 12.8 Å². The standard InChI is InChI=1S/C15H17N3OS2/c1-3-19-13-7-5-12(6-8-13)17-15(20)18-16-10-14-9-4-11(2)21-14/h4-10H,3H2,1-2H3,(H2,17,18,20)/b16-10-. The maximum atomic E-state index is 5.38. The van der Waals surface area contributed by atoms with Gasteiger partial charge in [-0.05, 0) is 62.5 Å². The molecule has 2 aromatic rings. The van der Waals surface area contributed by atoms with Crippen molar-refractivity contribution >= 4 is 40.6 Å². The van der Waals surface area contributed by atoms with E-state index >= 15 is 0 Å². The molecule has 0 spiro atoms. The van der Waals surface area contributed by atoms with Crippen LogP contribution in [0.3, 0.4) is 0 Å². The monoisotopic (exact) mass is 319 g/mol. The largest absolute Gasteiger partial charge is 0.494 e. The number of thiocarbonyl (C=S) groups is 1. The average Bonchev–Trinajstić information content (AvgIpc) is 2.87. The summed E-state index contributed by atoms with van der Waals surface area (Å²) in [5.41, 5.74) is 3.68. The highest BCUT2D eigenvalue weighted by Crippen LogP contribution is 2.15. The number of aryl methyl sites for hydroxylation is 1. The van der Waals surface area contributed by atoms with Gasteiger partial charge in [-0.1, -0.05) is 0 Å². The molecular formula is C15H17N3OS2. The van der Waals surface area contributed by atoms with E-state index in [2.05, 4.69) is 28.8 Å². The van der Waals surface area contributed by atoms with Gasteiger partial charge in [0.1, 0.15) is 5.75 Å². The second kappa shape index (κ2) is 7.75. The SMILES string of the molecule is CCOc1ccc(NC(=S)N/N=C\c2ccc(C)s2)cc1. The van der Waals surface area contributed by atoms with Crippen molar-refractivity contribution in [1.29, 1.82) is 0 Å². The van der Waals surface area contributed by atoms with Gasteiger partial charge in [-0.3, -0.25) is 5.43 Å². The molecule has 0 aliphatic rings. The molecule has 1 aromatic heterocycles. The summed E-state index contributed by atoms with van der Waals surface area (Å²) in [6.45, 7) is 4.68. The summed E-state index contributed by atoms with van der Waals surface area (Å²) >= 11 is 6.86. The molecule has 1 heterocycles. The number of anilines is 1. The number of hydrazone groups is 1. The van der Waals surface area contributed by atoms with E-state index in [9.17, 15) is 0 Å². The molecule has 6 heteroatoms. The van der Waals surface area contributed by atoms with Crippen LogP contribution in [0.1, 0.15) is 16.7 Å². The van der Waals surface area contributed by atoms with Gasteiger partial charge < -0.3 is 10.1 Å². The molecule has 110 valence electrons. The molecule has 0 fully saturated rings. The summed E-state index contributed by atoms with van der Waals surface area (Å²) in [6.07, 6.45) is 1.75. The molecule has 21 heavy (non-hydrogen) atoms. The molecule has 1 aromatic carbocycles.